The Bertz CT molecular complexity index is 1410. The van der Waals surface area contributed by atoms with Crippen LogP contribution in [0.2, 0.25) is 0 Å². The van der Waals surface area contributed by atoms with E-state index in [4.69, 9.17) is 26.5 Å². The summed E-state index contributed by atoms with van der Waals surface area (Å²) in [4.78, 5) is 40.9. The van der Waals surface area contributed by atoms with Crippen LogP contribution in [-0.4, -0.2) is 52.3 Å². The van der Waals surface area contributed by atoms with Crippen molar-refractivity contribution >= 4 is 57.8 Å². The van der Waals surface area contributed by atoms with E-state index in [0.717, 1.165) is 11.8 Å². The Labute approximate surface area is 223 Å². The van der Waals surface area contributed by atoms with Gasteiger partial charge in [0.05, 0.1) is 28.8 Å². The molecule has 190 valence electrons. The maximum Gasteiger partial charge on any atom is 0.335 e. The molecule has 37 heavy (non-hydrogen) atoms. The zero-order valence-electron chi connectivity index (χ0n) is 20.4. The van der Waals surface area contributed by atoms with E-state index >= 15 is 0 Å². The number of furan rings is 1. The molecule has 2 heterocycles. The number of ether oxygens (including phenoxy) is 1. The molecule has 1 saturated heterocycles. The fraction of sp³-hybridized carbons (Fsp3) is 0.185. The minimum atomic E-state index is -1.05. The second-order valence-corrected chi connectivity index (χ2v) is 9.61. The van der Waals surface area contributed by atoms with Gasteiger partial charge in [0.2, 0.25) is 0 Å². The largest absolute Gasteiger partial charge is 0.496 e. The molecule has 8 nitrogen and oxygen atoms in total. The predicted molar refractivity (Wildman–Crippen MR) is 147 cm³/mol. The van der Waals surface area contributed by atoms with Crippen LogP contribution >= 0.6 is 24.0 Å². The van der Waals surface area contributed by atoms with E-state index in [0.29, 0.717) is 56.4 Å². The van der Waals surface area contributed by atoms with Gasteiger partial charge in [0.1, 0.15) is 17.3 Å². The smallest absolute Gasteiger partial charge is 0.335 e. The van der Waals surface area contributed by atoms with Crippen molar-refractivity contribution in [2.45, 2.75) is 13.8 Å². The number of carbonyl (C=O) groups excluding carboxylic acids is 2. The van der Waals surface area contributed by atoms with Crippen molar-refractivity contribution in [2.75, 3.05) is 25.1 Å². The van der Waals surface area contributed by atoms with Gasteiger partial charge in [-0.2, -0.15) is 0 Å². The van der Waals surface area contributed by atoms with Gasteiger partial charge in [-0.25, -0.2) is 4.79 Å². The van der Waals surface area contributed by atoms with Crippen LogP contribution in [0.4, 0.5) is 5.69 Å². The summed E-state index contributed by atoms with van der Waals surface area (Å²) in [5.74, 6) is -0.230. The summed E-state index contributed by atoms with van der Waals surface area (Å²) >= 11 is 6.53. The first-order chi connectivity index (χ1) is 17.8. The van der Waals surface area contributed by atoms with Crippen LogP contribution in [0.1, 0.15) is 40.3 Å². The molecule has 0 radical (unpaired) electrons. The summed E-state index contributed by atoms with van der Waals surface area (Å²) in [6, 6.07) is 14.7. The molecule has 0 atom stereocenters. The molecule has 0 aliphatic carbocycles. The van der Waals surface area contributed by atoms with Crippen LogP contribution in [0.5, 0.6) is 5.75 Å². The molecule has 3 aromatic rings. The number of hydrogen-bond acceptors (Lipinski definition) is 7. The monoisotopic (exact) mass is 536 g/mol. The molecule has 2 aromatic carbocycles. The van der Waals surface area contributed by atoms with Gasteiger partial charge in [0, 0.05) is 24.7 Å². The highest BCUT2D eigenvalue weighted by Crippen LogP contribution is 2.38. The van der Waals surface area contributed by atoms with Crippen LogP contribution in [0.3, 0.4) is 0 Å². The van der Waals surface area contributed by atoms with Gasteiger partial charge in [-0.1, -0.05) is 36.1 Å². The lowest BCUT2D eigenvalue weighted by molar-refractivity contribution is -0.113. The number of methoxy groups -OCH3 is 1. The van der Waals surface area contributed by atoms with Crippen LogP contribution in [0.25, 0.3) is 17.4 Å². The Balaban J connectivity index is 1.64. The number of benzene rings is 2. The van der Waals surface area contributed by atoms with E-state index < -0.39 is 5.97 Å². The van der Waals surface area contributed by atoms with Crippen molar-refractivity contribution in [3.63, 3.8) is 0 Å². The minimum Gasteiger partial charge on any atom is -0.496 e. The van der Waals surface area contributed by atoms with E-state index in [1.54, 1.807) is 53.4 Å². The average Bonchev–Trinajstić information content (AvgIpc) is 3.47. The molecule has 0 bridgehead atoms. The SMILES string of the molecule is CCN(CC)C(=O)c1c(OC)cccc1-c1ccc(/C=C2/SC(=S)N(c3ccc(C(=O)O)cc3)C2=O)o1. The van der Waals surface area contributed by atoms with Crippen molar-refractivity contribution in [2.24, 2.45) is 0 Å². The topological polar surface area (TPSA) is 100 Å². The van der Waals surface area contributed by atoms with Gasteiger partial charge in [0.15, 0.2) is 4.32 Å². The fourth-order valence-electron chi connectivity index (χ4n) is 3.94. The first-order valence-electron chi connectivity index (χ1n) is 11.5. The summed E-state index contributed by atoms with van der Waals surface area (Å²) < 4.78 is 11.8. The van der Waals surface area contributed by atoms with Gasteiger partial charge in [0.25, 0.3) is 11.8 Å². The van der Waals surface area contributed by atoms with E-state index in [1.807, 2.05) is 13.8 Å². The molecule has 0 saturated carbocycles. The van der Waals surface area contributed by atoms with E-state index in [9.17, 15) is 14.4 Å². The summed E-state index contributed by atoms with van der Waals surface area (Å²) in [6.45, 7) is 4.94. The number of hydrogen-bond donors (Lipinski definition) is 1. The van der Waals surface area contributed by atoms with Gasteiger partial charge < -0.3 is 19.2 Å². The molecule has 1 N–H and O–H groups in total. The van der Waals surface area contributed by atoms with E-state index in [-0.39, 0.29) is 17.4 Å². The van der Waals surface area contributed by atoms with Crippen molar-refractivity contribution in [3.05, 3.63) is 76.4 Å². The predicted octanol–water partition coefficient (Wildman–Crippen LogP) is 5.54. The van der Waals surface area contributed by atoms with Crippen molar-refractivity contribution < 1.29 is 28.6 Å². The first kappa shape index (κ1) is 26.2. The summed E-state index contributed by atoms with van der Waals surface area (Å²) in [5.41, 5.74) is 1.59. The number of rotatable bonds is 8. The van der Waals surface area contributed by atoms with Crippen molar-refractivity contribution in [1.29, 1.82) is 0 Å². The maximum atomic E-state index is 13.3. The Morgan fingerprint density at radius 2 is 1.81 bits per heavy atom. The molecular formula is C27H24N2O6S2. The number of aromatic carboxylic acids is 1. The lowest BCUT2D eigenvalue weighted by Crippen LogP contribution is -2.31. The van der Waals surface area contributed by atoms with Gasteiger partial charge in [-0.05, 0) is 56.3 Å². The highest BCUT2D eigenvalue weighted by atomic mass is 32.2. The number of carbonyl (C=O) groups is 3. The highest BCUT2D eigenvalue weighted by molar-refractivity contribution is 8.27. The molecule has 1 aliphatic rings. The standard InChI is InChI=1S/C27H24N2O6S2/c1-4-28(5-2)25(31)23-19(7-6-8-21(23)34-3)20-14-13-18(35-20)15-22-24(30)29(27(36)37-22)17-11-9-16(10-12-17)26(32)33/h6-15H,4-5H2,1-3H3,(H,32,33)/b22-15+. The number of nitrogens with zero attached hydrogens (tertiary/aromatic N) is 2. The summed E-state index contributed by atoms with van der Waals surface area (Å²) in [6.07, 6.45) is 1.60. The Morgan fingerprint density at radius 3 is 2.43 bits per heavy atom. The molecule has 4 rings (SSSR count). The van der Waals surface area contributed by atoms with Crippen molar-refractivity contribution in [3.8, 4) is 17.1 Å². The number of anilines is 1. The summed E-state index contributed by atoms with van der Waals surface area (Å²) in [7, 11) is 1.52. The lowest BCUT2D eigenvalue weighted by Gasteiger charge is -2.21. The van der Waals surface area contributed by atoms with Crippen molar-refractivity contribution in [1.82, 2.24) is 4.90 Å². The van der Waals surface area contributed by atoms with E-state index in [1.165, 1.54) is 24.1 Å². The molecule has 2 amide bonds. The first-order valence-corrected chi connectivity index (χ1v) is 12.7. The Hall–Kier alpha value is -3.89. The third-order valence-electron chi connectivity index (χ3n) is 5.84. The molecule has 0 unspecified atom stereocenters. The van der Waals surface area contributed by atoms with Crippen LogP contribution in [0.15, 0.2) is 63.9 Å². The lowest BCUT2D eigenvalue weighted by atomic mass is 10.0. The fourth-order valence-corrected chi connectivity index (χ4v) is 5.22. The summed E-state index contributed by atoms with van der Waals surface area (Å²) in [5, 5.41) is 9.11. The Morgan fingerprint density at radius 1 is 1.11 bits per heavy atom. The number of amides is 2. The second-order valence-electron chi connectivity index (χ2n) is 7.93. The third-order valence-corrected chi connectivity index (χ3v) is 7.14. The van der Waals surface area contributed by atoms with Gasteiger partial charge in [-0.15, -0.1) is 0 Å². The molecule has 0 spiro atoms. The van der Waals surface area contributed by atoms with Gasteiger partial charge >= 0.3 is 5.97 Å². The third kappa shape index (κ3) is 5.16. The van der Waals surface area contributed by atoms with Crippen LogP contribution in [-0.2, 0) is 4.79 Å². The highest BCUT2D eigenvalue weighted by Gasteiger charge is 2.34. The zero-order chi connectivity index (χ0) is 26.7. The molecule has 1 fully saturated rings. The van der Waals surface area contributed by atoms with Crippen LogP contribution < -0.4 is 9.64 Å². The normalized spacial score (nSPS) is 14.4. The molecule has 1 aliphatic heterocycles. The zero-order valence-corrected chi connectivity index (χ0v) is 22.0. The quantitative estimate of drug-likeness (QED) is 0.296. The Kier molecular flexibility index (Phi) is 7.80. The molecular weight excluding hydrogens is 512 g/mol. The van der Waals surface area contributed by atoms with E-state index in [2.05, 4.69) is 0 Å². The van der Waals surface area contributed by atoms with Crippen LogP contribution in [0, 0.1) is 0 Å². The minimum absolute atomic E-state index is 0.115. The number of carboxylic acids is 1. The number of thioether (sulfide) groups is 1. The second kappa shape index (κ2) is 11.0. The molecule has 10 heteroatoms. The number of thiocarbonyl (C=S) groups is 1. The van der Waals surface area contributed by atoms with Gasteiger partial charge in [-0.3, -0.25) is 14.5 Å². The maximum absolute atomic E-state index is 13.3. The average molecular weight is 537 g/mol. The molecule has 1 aromatic heterocycles. The number of carboxylic acid groups (broad SMARTS) is 1.